The van der Waals surface area contributed by atoms with Gasteiger partial charge < -0.3 is 15.4 Å². The summed E-state index contributed by atoms with van der Waals surface area (Å²) in [6.07, 6.45) is 4.62. The first-order valence-corrected chi connectivity index (χ1v) is 7.15. The van der Waals surface area contributed by atoms with E-state index in [1.54, 1.807) is 12.4 Å². The highest BCUT2D eigenvalue weighted by molar-refractivity contribution is 5.89. The van der Waals surface area contributed by atoms with Crippen molar-refractivity contribution in [3.8, 4) is 0 Å². The summed E-state index contributed by atoms with van der Waals surface area (Å²) < 4.78 is 5.71. The van der Waals surface area contributed by atoms with E-state index in [9.17, 15) is 4.79 Å². The van der Waals surface area contributed by atoms with Gasteiger partial charge in [-0.25, -0.2) is 4.79 Å². The molecular weight excluding hydrogens is 254 g/mol. The molecule has 1 fully saturated rings. The van der Waals surface area contributed by atoms with Gasteiger partial charge in [0.15, 0.2) is 0 Å². The van der Waals surface area contributed by atoms with Gasteiger partial charge in [-0.1, -0.05) is 13.8 Å². The molecule has 0 bridgehead atoms. The fourth-order valence-corrected chi connectivity index (χ4v) is 2.60. The number of nitrogens with one attached hydrogen (secondary N) is 2. The molecule has 0 spiro atoms. The minimum atomic E-state index is -0.185. The van der Waals surface area contributed by atoms with Crippen LogP contribution in [0.25, 0.3) is 0 Å². The number of carbonyl (C=O) groups is 1. The third-order valence-corrected chi connectivity index (χ3v) is 3.73. The van der Waals surface area contributed by atoms with Crippen LogP contribution in [0.3, 0.4) is 0 Å². The smallest absolute Gasteiger partial charge is 0.319 e. The second-order valence-corrected chi connectivity index (χ2v) is 5.65. The topological polar surface area (TPSA) is 63.2 Å². The lowest BCUT2D eigenvalue weighted by Crippen LogP contribution is -2.37. The number of urea groups is 1. The SMILES string of the molecule is Cc1ccncc1NC(=O)NC[C@H]1CCO[C@@H]1C(C)C. The summed E-state index contributed by atoms with van der Waals surface area (Å²) in [5.74, 6) is 0.878. The number of aromatic nitrogens is 1. The van der Waals surface area contributed by atoms with Crippen LogP contribution < -0.4 is 10.6 Å². The van der Waals surface area contributed by atoms with Crippen molar-refractivity contribution in [3.05, 3.63) is 24.0 Å². The lowest BCUT2D eigenvalue weighted by Gasteiger charge is -2.22. The molecule has 0 saturated carbocycles. The van der Waals surface area contributed by atoms with E-state index in [-0.39, 0.29) is 12.1 Å². The molecule has 0 radical (unpaired) electrons. The Bertz CT molecular complexity index is 462. The second-order valence-electron chi connectivity index (χ2n) is 5.65. The van der Waals surface area contributed by atoms with Gasteiger partial charge in [-0.15, -0.1) is 0 Å². The van der Waals surface area contributed by atoms with E-state index in [1.165, 1.54) is 0 Å². The van der Waals surface area contributed by atoms with Crippen molar-refractivity contribution in [1.29, 1.82) is 0 Å². The van der Waals surface area contributed by atoms with Crippen LogP contribution in [0.2, 0.25) is 0 Å². The maximum Gasteiger partial charge on any atom is 0.319 e. The van der Waals surface area contributed by atoms with Crippen LogP contribution in [0.15, 0.2) is 18.5 Å². The minimum absolute atomic E-state index is 0.185. The summed E-state index contributed by atoms with van der Waals surface area (Å²) >= 11 is 0. The van der Waals surface area contributed by atoms with Gasteiger partial charge in [-0.05, 0) is 30.9 Å². The van der Waals surface area contributed by atoms with E-state index < -0.39 is 0 Å². The number of anilines is 1. The van der Waals surface area contributed by atoms with Crippen LogP contribution >= 0.6 is 0 Å². The van der Waals surface area contributed by atoms with Crippen molar-refractivity contribution < 1.29 is 9.53 Å². The molecule has 0 aromatic carbocycles. The van der Waals surface area contributed by atoms with Crippen LogP contribution in [0, 0.1) is 18.8 Å². The maximum absolute atomic E-state index is 11.9. The molecule has 1 aliphatic heterocycles. The predicted octanol–water partition coefficient (Wildman–Crippen LogP) is 2.57. The summed E-state index contributed by atoms with van der Waals surface area (Å²) in [7, 11) is 0. The Labute approximate surface area is 120 Å². The summed E-state index contributed by atoms with van der Waals surface area (Å²) in [6, 6.07) is 1.69. The molecule has 1 aromatic rings. The van der Waals surface area contributed by atoms with E-state index in [2.05, 4.69) is 29.5 Å². The average molecular weight is 277 g/mol. The normalized spacial score (nSPS) is 22.0. The van der Waals surface area contributed by atoms with E-state index >= 15 is 0 Å². The third kappa shape index (κ3) is 3.70. The molecule has 20 heavy (non-hydrogen) atoms. The number of ether oxygens (including phenoxy) is 1. The van der Waals surface area contributed by atoms with Crippen LogP contribution in [-0.2, 0) is 4.74 Å². The molecule has 5 nitrogen and oxygen atoms in total. The fourth-order valence-electron chi connectivity index (χ4n) is 2.60. The van der Waals surface area contributed by atoms with Gasteiger partial charge in [-0.3, -0.25) is 4.98 Å². The van der Waals surface area contributed by atoms with Gasteiger partial charge in [0.1, 0.15) is 0 Å². The first-order chi connectivity index (χ1) is 9.58. The minimum Gasteiger partial charge on any atom is -0.378 e. The van der Waals surface area contributed by atoms with Crippen LogP contribution in [0.1, 0.15) is 25.8 Å². The van der Waals surface area contributed by atoms with Crippen molar-refractivity contribution in [2.45, 2.75) is 33.3 Å². The molecule has 0 aliphatic carbocycles. The molecule has 1 aliphatic rings. The summed E-state index contributed by atoms with van der Waals surface area (Å²) in [5.41, 5.74) is 1.74. The standard InChI is InChI=1S/C15H23N3O2/c1-10(2)14-12(5-7-20-14)8-17-15(19)18-13-9-16-6-4-11(13)3/h4,6,9-10,12,14H,5,7-8H2,1-3H3,(H2,17,18,19)/t12-,14-/m1/s1. The fraction of sp³-hybridized carbons (Fsp3) is 0.600. The number of hydrogen-bond acceptors (Lipinski definition) is 3. The number of amides is 2. The van der Waals surface area contributed by atoms with Gasteiger partial charge in [0, 0.05) is 25.3 Å². The average Bonchev–Trinajstić information content (AvgIpc) is 2.88. The highest BCUT2D eigenvalue weighted by Gasteiger charge is 2.30. The van der Waals surface area contributed by atoms with E-state index in [1.807, 2.05) is 13.0 Å². The Hall–Kier alpha value is -1.62. The number of pyridine rings is 1. The van der Waals surface area contributed by atoms with Gasteiger partial charge in [0.2, 0.25) is 0 Å². The number of nitrogens with zero attached hydrogens (tertiary/aromatic N) is 1. The molecule has 1 saturated heterocycles. The molecule has 2 rings (SSSR count). The molecule has 0 unspecified atom stereocenters. The molecule has 1 aromatic heterocycles. The first-order valence-electron chi connectivity index (χ1n) is 7.15. The van der Waals surface area contributed by atoms with E-state index in [0.717, 1.165) is 24.3 Å². The predicted molar refractivity (Wildman–Crippen MR) is 78.7 cm³/mol. The molecule has 2 atom stereocenters. The second kappa shape index (κ2) is 6.70. The largest absolute Gasteiger partial charge is 0.378 e. The van der Waals surface area contributed by atoms with Crippen LogP contribution in [0.5, 0.6) is 0 Å². The van der Waals surface area contributed by atoms with Gasteiger partial charge in [0.05, 0.1) is 18.0 Å². The lowest BCUT2D eigenvalue weighted by atomic mass is 9.93. The molecule has 2 heterocycles. The zero-order valence-corrected chi connectivity index (χ0v) is 12.3. The zero-order valence-electron chi connectivity index (χ0n) is 12.3. The molecule has 2 amide bonds. The molecule has 2 N–H and O–H groups in total. The van der Waals surface area contributed by atoms with Gasteiger partial charge in [-0.2, -0.15) is 0 Å². The van der Waals surface area contributed by atoms with Gasteiger partial charge >= 0.3 is 6.03 Å². The van der Waals surface area contributed by atoms with Crippen LogP contribution in [-0.4, -0.2) is 30.3 Å². The number of rotatable bonds is 4. The van der Waals surface area contributed by atoms with Crippen molar-refractivity contribution in [2.75, 3.05) is 18.5 Å². The Morgan fingerprint density at radius 3 is 3.05 bits per heavy atom. The van der Waals surface area contributed by atoms with E-state index in [0.29, 0.717) is 18.4 Å². The van der Waals surface area contributed by atoms with E-state index in [4.69, 9.17) is 4.74 Å². The van der Waals surface area contributed by atoms with Crippen molar-refractivity contribution in [2.24, 2.45) is 11.8 Å². The van der Waals surface area contributed by atoms with Crippen molar-refractivity contribution in [3.63, 3.8) is 0 Å². The van der Waals surface area contributed by atoms with Crippen molar-refractivity contribution in [1.82, 2.24) is 10.3 Å². The first kappa shape index (κ1) is 14.8. The Balaban J connectivity index is 1.82. The number of aryl methyl sites for hydroxylation is 1. The Kier molecular flexibility index (Phi) is 4.95. The summed E-state index contributed by atoms with van der Waals surface area (Å²) in [4.78, 5) is 15.9. The number of carbonyl (C=O) groups excluding carboxylic acids is 1. The van der Waals surface area contributed by atoms with Crippen molar-refractivity contribution >= 4 is 11.7 Å². The Morgan fingerprint density at radius 1 is 1.55 bits per heavy atom. The highest BCUT2D eigenvalue weighted by Crippen LogP contribution is 2.26. The number of hydrogen-bond donors (Lipinski definition) is 2. The molecule has 110 valence electrons. The quantitative estimate of drug-likeness (QED) is 0.889. The maximum atomic E-state index is 11.9. The van der Waals surface area contributed by atoms with Gasteiger partial charge in [0.25, 0.3) is 0 Å². The highest BCUT2D eigenvalue weighted by atomic mass is 16.5. The Morgan fingerprint density at radius 2 is 2.35 bits per heavy atom. The van der Waals surface area contributed by atoms with Crippen LogP contribution in [0.4, 0.5) is 10.5 Å². The third-order valence-electron chi connectivity index (χ3n) is 3.73. The zero-order chi connectivity index (χ0) is 14.5. The lowest BCUT2D eigenvalue weighted by molar-refractivity contribution is 0.0546. The molecular formula is C15H23N3O2. The molecule has 5 heteroatoms. The summed E-state index contributed by atoms with van der Waals surface area (Å²) in [5, 5.41) is 5.75. The summed E-state index contributed by atoms with van der Waals surface area (Å²) in [6.45, 7) is 7.69. The monoisotopic (exact) mass is 277 g/mol.